The summed E-state index contributed by atoms with van der Waals surface area (Å²) in [6.07, 6.45) is 11.6. The lowest BCUT2D eigenvalue weighted by Gasteiger charge is -2.12. The molecule has 0 atom stereocenters. The third-order valence-corrected chi connectivity index (χ3v) is 11.8. The Labute approximate surface area is 379 Å². The van der Waals surface area contributed by atoms with Crippen LogP contribution >= 0.6 is 0 Å². The molecule has 0 unspecified atom stereocenters. The molecule has 0 spiro atoms. The third kappa shape index (κ3) is 6.97. The minimum Gasteiger partial charge on any atom is -0.457 e. The van der Waals surface area contributed by atoms with E-state index in [-0.39, 0.29) is 0 Å². The van der Waals surface area contributed by atoms with Gasteiger partial charge in [0.15, 0.2) is 14.1 Å². The van der Waals surface area contributed by atoms with Crippen LogP contribution in [0, 0.1) is 0 Å². The molecule has 0 radical (unpaired) electrons. The van der Waals surface area contributed by atoms with Gasteiger partial charge in [-0.05, 0) is 82.9 Å². The average Bonchev–Trinajstić information content (AvgIpc) is 4.15. The van der Waals surface area contributed by atoms with Gasteiger partial charge in [-0.1, -0.05) is 91.1 Å². The highest BCUT2D eigenvalue weighted by Crippen LogP contribution is 2.44. The first-order chi connectivity index (χ1) is 32.5. The molecule has 0 fully saturated rings. The van der Waals surface area contributed by atoms with E-state index in [2.05, 4.69) is 118 Å². The van der Waals surface area contributed by atoms with E-state index in [1.807, 2.05) is 142 Å². The minimum absolute atomic E-state index is 0.687. The number of ether oxygens (including phenoxy) is 2. The maximum absolute atomic E-state index is 6.68. The molecule has 0 aliphatic carbocycles. The molecule has 2 aliphatic heterocycles. The Morgan fingerprint density at radius 1 is 0.409 bits per heavy atom. The van der Waals surface area contributed by atoms with Crippen LogP contribution in [0.25, 0.3) is 66.7 Å². The van der Waals surface area contributed by atoms with Crippen molar-refractivity contribution in [1.82, 2.24) is 19.1 Å². The van der Waals surface area contributed by atoms with E-state index in [1.54, 1.807) is 0 Å². The topological polar surface area (TPSA) is 66.1 Å². The van der Waals surface area contributed by atoms with Crippen LogP contribution in [0.2, 0.25) is 0 Å². The number of pyridine rings is 2. The first-order valence-electron chi connectivity index (χ1n) is 21.6. The molecule has 2 aliphatic rings. The normalized spacial score (nSPS) is 13.1. The number of rotatable bonds is 10. The first kappa shape index (κ1) is 38.5. The number of hydrogen-bond acceptors (Lipinski definition) is 4. The zero-order valence-electron chi connectivity index (χ0n) is 36.0. The maximum atomic E-state index is 6.68. The van der Waals surface area contributed by atoms with E-state index in [0.717, 1.165) is 78.1 Å². The summed E-state index contributed by atoms with van der Waals surface area (Å²) in [5, 5.41) is 2.00. The number of fused-ring (bicyclic) bond motifs is 5. The van der Waals surface area contributed by atoms with E-state index in [0.29, 0.717) is 23.0 Å². The van der Waals surface area contributed by atoms with Crippen LogP contribution in [0.5, 0.6) is 23.0 Å². The molecular formula is C56H40N8O2+4. The Morgan fingerprint density at radius 3 is 1.27 bits per heavy atom. The van der Waals surface area contributed by atoms with Crippen LogP contribution in [0.3, 0.4) is 0 Å². The minimum atomic E-state index is 0.687. The van der Waals surface area contributed by atoms with Gasteiger partial charge in [-0.15, -0.1) is 0 Å². The Balaban J connectivity index is 1.08. The molecule has 0 amide bonds. The third-order valence-electron chi connectivity index (χ3n) is 11.8. The monoisotopic (exact) mass is 856 g/mol. The second-order valence-electron chi connectivity index (χ2n) is 16.2. The summed E-state index contributed by atoms with van der Waals surface area (Å²) >= 11 is 0. The summed E-state index contributed by atoms with van der Waals surface area (Å²) in [4.78, 5) is 10.2. The molecule has 6 aromatic carbocycles. The van der Waals surface area contributed by atoms with Crippen molar-refractivity contribution in [3.8, 4) is 56.9 Å². The largest absolute Gasteiger partial charge is 0.495 e. The van der Waals surface area contributed by atoms with Crippen molar-refractivity contribution in [3.63, 3.8) is 0 Å². The molecule has 0 saturated carbocycles. The van der Waals surface area contributed by atoms with Gasteiger partial charge in [-0.2, -0.15) is 0 Å². The Hall–Kier alpha value is -9.20. The fraction of sp³-hybridized carbons (Fsp3) is 0.0357. The van der Waals surface area contributed by atoms with Crippen molar-refractivity contribution >= 4 is 56.2 Å². The number of aromatic nitrogens is 4. The summed E-state index contributed by atoms with van der Waals surface area (Å²) < 4.78 is 25.5. The van der Waals surface area contributed by atoms with E-state index in [4.69, 9.17) is 19.4 Å². The Bertz CT molecular complexity index is 3560. The second kappa shape index (κ2) is 15.9. The van der Waals surface area contributed by atoms with Gasteiger partial charge in [-0.3, -0.25) is 9.13 Å². The Kier molecular flexibility index (Phi) is 9.24. The van der Waals surface area contributed by atoms with Gasteiger partial charge in [0.2, 0.25) is 23.8 Å². The maximum Gasteiger partial charge on any atom is 0.495 e. The van der Waals surface area contributed by atoms with Crippen molar-refractivity contribution < 1.29 is 27.8 Å². The molecule has 6 heterocycles. The van der Waals surface area contributed by atoms with Gasteiger partial charge >= 0.3 is 12.0 Å². The van der Waals surface area contributed by atoms with Gasteiger partial charge in [0, 0.05) is 47.4 Å². The fourth-order valence-electron chi connectivity index (χ4n) is 8.81. The Morgan fingerprint density at radius 2 is 0.848 bits per heavy atom. The van der Waals surface area contributed by atoms with Gasteiger partial charge in [-0.25, -0.2) is 9.97 Å². The van der Waals surface area contributed by atoms with Gasteiger partial charge < -0.3 is 9.47 Å². The second-order valence-corrected chi connectivity index (χ2v) is 16.2. The average molecular weight is 857 g/mol. The lowest BCUT2D eigenvalue weighted by molar-refractivity contribution is -0.429. The van der Waals surface area contributed by atoms with Crippen LogP contribution in [0.15, 0.2) is 207 Å². The van der Waals surface area contributed by atoms with Gasteiger partial charge in [0.05, 0.1) is 34.2 Å². The molecule has 0 saturated heterocycles. The molecule has 12 rings (SSSR count). The predicted molar refractivity (Wildman–Crippen MR) is 258 cm³/mol. The zero-order valence-corrected chi connectivity index (χ0v) is 36.0. The molecule has 10 heteroatoms. The molecule has 66 heavy (non-hydrogen) atoms. The quantitative estimate of drug-likeness (QED) is 0.129. The van der Waals surface area contributed by atoms with Crippen LogP contribution in [-0.2, 0) is 0 Å². The lowest BCUT2D eigenvalue weighted by Crippen LogP contribution is -1.98. The van der Waals surface area contributed by atoms with Crippen LogP contribution in [0.4, 0.5) is 11.4 Å². The first-order valence-corrected chi connectivity index (χ1v) is 21.6. The number of benzene rings is 6. The predicted octanol–water partition coefficient (Wildman–Crippen LogP) is 12.3. The van der Waals surface area contributed by atoms with Crippen molar-refractivity contribution in [1.29, 1.82) is 0 Å². The highest BCUT2D eigenvalue weighted by molar-refractivity contribution is 6.20. The number of hydrogen-bond donors (Lipinski definition) is 0. The SMILES string of the molecule is C[N+]1=C=[N+](c2cccc(Oc3ccc4c(c3)n(-c3cc(-c5ccccc5)ccn3)c3c5ccc(Oc6cccc([N+]7=C=[N+](C)C=C7)c6)cc5n(-c5cc(-c6ccccc6)ccn5)c43)c2)C=C1. The van der Waals surface area contributed by atoms with Crippen molar-refractivity contribution in [2.75, 3.05) is 14.1 Å². The summed E-state index contributed by atoms with van der Waals surface area (Å²) in [7, 11) is 3.91. The van der Waals surface area contributed by atoms with Crippen molar-refractivity contribution in [3.05, 3.63) is 207 Å². The summed E-state index contributed by atoms with van der Waals surface area (Å²) in [5.41, 5.74) is 10.0. The van der Waals surface area contributed by atoms with Gasteiger partial charge in [0.1, 0.15) is 34.6 Å². The fourth-order valence-corrected chi connectivity index (χ4v) is 8.81. The van der Waals surface area contributed by atoms with E-state index in [9.17, 15) is 0 Å². The lowest BCUT2D eigenvalue weighted by atomic mass is 10.1. The smallest absolute Gasteiger partial charge is 0.457 e. The van der Waals surface area contributed by atoms with Crippen LogP contribution < -0.4 is 9.47 Å². The van der Waals surface area contributed by atoms with Crippen molar-refractivity contribution in [2.45, 2.75) is 0 Å². The molecule has 0 bridgehead atoms. The zero-order chi connectivity index (χ0) is 44.1. The molecular weight excluding hydrogens is 817 g/mol. The van der Waals surface area contributed by atoms with E-state index < -0.39 is 0 Å². The summed E-state index contributed by atoms with van der Waals surface area (Å²) in [6.45, 7) is 0. The summed E-state index contributed by atoms with van der Waals surface area (Å²) in [5.74, 6) is 4.32. The van der Waals surface area contributed by atoms with Gasteiger partial charge in [0.25, 0.3) is 12.4 Å². The van der Waals surface area contributed by atoms with Crippen LogP contribution in [0.1, 0.15) is 0 Å². The standard InChI is InChI=1S/C56H40N8O2/c1-59-27-29-61(37-59)43-15-9-17-45(33-43)65-47-19-21-49-51(35-47)63(53-31-41(23-25-57-53)39-11-5-3-6-12-39)56-50-22-20-48(66-46-18-10-16-44(34-46)62-30-28-60(2)38-62)36-52(50)64(55(49)56)54-32-42(24-26-58-54)40-13-7-4-8-14-40/h3-36H,1-2H3/q+4. The van der Waals surface area contributed by atoms with E-state index >= 15 is 0 Å². The summed E-state index contributed by atoms with van der Waals surface area (Å²) in [6, 6.07) is 64.4. The molecule has 4 aromatic heterocycles. The van der Waals surface area contributed by atoms with Crippen LogP contribution in [-0.4, -0.2) is 63.5 Å². The van der Waals surface area contributed by atoms with Crippen molar-refractivity contribution in [2.24, 2.45) is 0 Å². The molecule has 10 nitrogen and oxygen atoms in total. The van der Waals surface area contributed by atoms with E-state index in [1.165, 1.54) is 0 Å². The molecule has 312 valence electrons. The highest BCUT2D eigenvalue weighted by atomic mass is 16.5. The number of nitrogens with zero attached hydrogens (tertiary/aromatic N) is 8. The highest BCUT2D eigenvalue weighted by Gasteiger charge is 2.26. The molecule has 0 N–H and O–H groups in total. The molecule has 10 aromatic rings.